The van der Waals surface area contributed by atoms with E-state index in [1.54, 1.807) is 0 Å². The van der Waals surface area contributed by atoms with Crippen LogP contribution in [-0.2, 0) is 6.54 Å². The van der Waals surface area contributed by atoms with Crippen LogP contribution in [0.4, 0.5) is 5.69 Å². The lowest BCUT2D eigenvalue weighted by molar-refractivity contribution is 0.353. The molecule has 0 unspecified atom stereocenters. The molecule has 1 aromatic heterocycles. The average molecular weight is 394 g/mol. The minimum atomic E-state index is 0.514. The van der Waals surface area contributed by atoms with Gasteiger partial charge in [0, 0.05) is 40.9 Å². The molecule has 4 rings (SSSR count). The van der Waals surface area contributed by atoms with Crippen molar-refractivity contribution in [2.45, 2.75) is 58.2 Å². The highest BCUT2D eigenvalue weighted by atomic mass is 35.5. The molecule has 0 saturated heterocycles. The third kappa shape index (κ3) is 4.65. The van der Waals surface area contributed by atoms with Gasteiger partial charge < -0.3 is 10.6 Å². The Morgan fingerprint density at radius 2 is 1.64 bits per heavy atom. The highest BCUT2D eigenvalue weighted by Gasteiger charge is 2.21. The number of rotatable bonds is 5. The first-order valence-electron chi connectivity index (χ1n) is 10.2. The van der Waals surface area contributed by atoms with Gasteiger partial charge in [-0.1, -0.05) is 40.9 Å². The molecule has 0 radical (unpaired) electrons. The van der Waals surface area contributed by atoms with Crippen molar-refractivity contribution in [2.24, 2.45) is 0 Å². The zero-order chi connectivity index (χ0) is 19.5. The van der Waals surface area contributed by atoms with E-state index in [0.717, 1.165) is 28.2 Å². The van der Waals surface area contributed by atoms with Crippen LogP contribution in [0.2, 0.25) is 5.02 Å². The fourth-order valence-electron chi connectivity index (χ4n) is 4.34. The van der Waals surface area contributed by atoms with Crippen molar-refractivity contribution < 1.29 is 0 Å². The van der Waals surface area contributed by atoms with Crippen molar-refractivity contribution in [1.82, 2.24) is 10.3 Å². The van der Waals surface area contributed by atoms with E-state index in [1.807, 2.05) is 18.3 Å². The summed E-state index contributed by atoms with van der Waals surface area (Å²) >= 11 is 6.10. The van der Waals surface area contributed by atoms with Gasteiger partial charge in [-0.05, 0) is 69.4 Å². The summed E-state index contributed by atoms with van der Waals surface area (Å²) in [6.07, 6.45) is 6.64. The van der Waals surface area contributed by atoms with E-state index in [1.165, 1.54) is 42.4 Å². The van der Waals surface area contributed by atoms with Crippen molar-refractivity contribution in [3.63, 3.8) is 0 Å². The molecular weight excluding hydrogens is 366 g/mol. The van der Waals surface area contributed by atoms with Gasteiger partial charge in [0.2, 0.25) is 0 Å². The molecule has 146 valence electrons. The second kappa shape index (κ2) is 8.50. The Morgan fingerprint density at radius 3 is 2.39 bits per heavy atom. The van der Waals surface area contributed by atoms with Crippen LogP contribution >= 0.6 is 11.6 Å². The minimum absolute atomic E-state index is 0.514. The molecule has 3 nitrogen and oxygen atoms in total. The Balaban J connectivity index is 1.32. The van der Waals surface area contributed by atoms with Gasteiger partial charge in [-0.2, -0.15) is 0 Å². The highest BCUT2D eigenvalue weighted by molar-refractivity contribution is 6.31. The number of hydrogen-bond acceptors (Lipinski definition) is 3. The molecule has 0 spiro atoms. The Kier molecular flexibility index (Phi) is 5.84. The Morgan fingerprint density at radius 1 is 0.929 bits per heavy atom. The van der Waals surface area contributed by atoms with Crippen LogP contribution in [-0.4, -0.2) is 17.1 Å². The van der Waals surface area contributed by atoms with Crippen LogP contribution in [0, 0.1) is 13.8 Å². The molecule has 3 aromatic rings. The molecule has 4 heteroatoms. The number of anilines is 1. The zero-order valence-electron chi connectivity index (χ0n) is 16.6. The molecule has 1 aliphatic rings. The van der Waals surface area contributed by atoms with E-state index >= 15 is 0 Å². The van der Waals surface area contributed by atoms with Gasteiger partial charge in [0.05, 0.1) is 5.52 Å². The number of nitrogens with zero attached hydrogens (tertiary/aromatic N) is 1. The molecule has 0 aliphatic heterocycles. The maximum atomic E-state index is 6.10. The molecule has 2 aromatic carbocycles. The molecule has 1 saturated carbocycles. The highest BCUT2D eigenvalue weighted by Crippen LogP contribution is 2.28. The summed E-state index contributed by atoms with van der Waals surface area (Å²) in [4.78, 5) is 4.44. The van der Waals surface area contributed by atoms with E-state index in [0.29, 0.717) is 12.1 Å². The van der Waals surface area contributed by atoms with Gasteiger partial charge in [-0.25, -0.2) is 0 Å². The predicted molar refractivity (Wildman–Crippen MR) is 119 cm³/mol. The average Bonchev–Trinajstić information content (AvgIpc) is 2.67. The van der Waals surface area contributed by atoms with Crippen LogP contribution in [0.25, 0.3) is 10.9 Å². The lowest BCUT2D eigenvalue weighted by atomic mass is 9.90. The number of fused-ring (bicyclic) bond motifs is 1. The van der Waals surface area contributed by atoms with Crippen LogP contribution in [0.3, 0.4) is 0 Å². The summed E-state index contributed by atoms with van der Waals surface area (Å²) in [6, 6.07) is 15.9. The van der Waals surface area contributed by atoms with E-state index in [4.69, 9.17) is 11.6 Å². The summed E-state index contributed by atoms with van der Waals surface area (Å²) < 4.78 is 0. The van der Waals surface area contributed by atoms with Crippen LogP contribution < -0.4 is 10.6 Å². The van der Waals surface area contributed by atoms with Gasteiger partial charge in [0.25, 0.3) is 0 Å². The number of nitrogens with one attached hydrogen (secondary N) is 2. The van der Waals surface area contributed by atoms with Crippen molar-refractivity contribution in [3.05, 3.63) is 70.4 Å². The number of pyridine rings is 1. The van der Waals surface area contributed by atoms with Crippen LogP contribution in [0.1, 0.15) is 42.4 Å². The second-order valence-electron chi connectivity index (χ2n) is 8.09. The van der Waals surface area contributed by atoms with Crippen molar-refractivity contribution in [2.75, 3.05) is 5.32 Å². The summed E-state index contributed by atoms with van der Waals surface area (Å²) in [5.41, 5.74) is 6.18. The zero-order valence-corrected chi connectivity index (χ0v) is 17.4. The summed E-state index contributed by atoms with van der Waals surface area (Å²) in [7, 11) is 0. The first-order chi connectivity index (χ1) is 13.6. The monoisotopic (exact) mass is 393 g/mol. The van der Waals surface area contributed by atoms with Gasteiger partial charge in [0.1, 0.15) is 0 Å². The van der Waals surface area contributed by atoms with E-state index in [9.17, 15) is 0 Å². The number of hydrogen-bond donors (Lipinski definition) is 2. The number of halogens is 1. The minimum Gasteiger partial charge on any atom is -0.382 e. The van der Waals surface area contributed by atoms with Gasteiger partial charge >= 0.3 is 0 Å². The Hall–Kier alpha value is -2.10. The summed E-state index contributed by atoms with van der Waals surface area (Å²) in [5.74, 6) is 0. The normalized spacial score (nSPS) is 19.7. The third-order valence-electron chi connectivity index (χ3n) is 5.67. The summed E-state index contributed by atoms with van der Waals surface area (Å²) in [5, 5.41) is 9.37. The Bertz CT molecular complexity index is 941. The lowest BCUT2D eigenvalue weighted by Crippen LogP contribution is -2.36. The van der Waals surface area contributed by atoms with Crippen LogP contribution in [0.15, 0.2) is 48.7 Å². The van der Waals surface area contributed by atoms with Crippen molar-refractivity contribution in [1.29, 1.82) is 0 Å². The molecule has 1 heterocycles. The molecule has 1 aliphatic carbocycles. The van der Waals surface area contributed by atoms with Crippen molar-refractivity contribution >= 4 is 28.2 Å². The second-order valence-corrected chi connectivity index (χ2v) is 8.53. The maximum Gasteiger partial charge on any atom is 0.0737 e. The maximum absolute atomic E-state index is 6.10. The quantitative estimate of drug-likeness (QED) is 0.556. The fourth-order valence-corrected chi connectivity index (χ4v) is 4.51. The fraction of sp³-hybridized carbons (Fsp3) is 0.375. The largest absolute Gasteiger partial charge is 0.382 e. The number of benzene rings is 2. The van der Waals surface area contributed by atoms with Crippen LogP contribution in [0.5, 0.6) is 0 Å². The predicted octanol–water partition coefficient (Wildman–Crippen LogP) is 6.02. The molecule has 0 atom stereocenters. The number of aryl methyl sites for hydroxylation is 2. The molecule has 0 amide bonds. The molecular formula is C24H28ClN3. The van der Waals surface area contributed by atoms with E-state index < -0.39 is 0 Å². The molecule has 0 bridgehead atoms. The number of aromatic nitrogens is 1. The first kappa shape index (κ1) is 19.2. The molecule has 1 fully saturated rings. The SMILES string of the molecule is Cc1cc(C)cc(CN[C@H]2CC[C@@H](Nc3ccnc4cc(Cl)ccc34)CC2)c1. The van der Waals surface area contributed by atoms with Gasteiger partial charge in [-0.15, -0.1) is 0 Å². The van der Waals surface area contributed by atoms with Crippen molar-refractivity contribution in [3.8, 4) is 0 Å². The summed E-state index contributed by atoms with van der Waals surface area (Å²) in [6.45, 7) is 5.30. The molecule has 2 N–H and O–H groups in total. The van der Waals surface area contributed by atoms with Gasteiger partial charge in [0.15, 0.2) is 0 Å². The first-order valence-corrected chi connectivity index (χ1v) is 10.6. The molecule has 28 heavy (non-hydrogen) atoms. The van der Waals surface area contributed by atoms with E-state index in [-0.39, 0.29) is 0 Å². The lowest BCUT2D eigenvalue weighted by Gasteiger charge is -2.30. The smallest absolute Gasteiger partial charge is 0.0737 e. The van der Waals surface area contributed by atoms with E-state index in [2.05, 4.69) is 59.8 Å². The topological polar surface area (TPSA) is 37.0 Å². The third-order valence-corrected chi connectivity index (χ3v) is 5.90. The standard InChI is InChI=1S/C24H28ClN3/c1-16-11-17(2)13-18(12-16)15-27-20-4-6-21(7-5-20)28-23-9-10-26-24-14-19(25)3-8-22(23)24/h3,8-14,20-21,27H,4-7,15H2,1-2H3,(H,26,28)/t20-,21+. The van der Waals surface area contributed by atoms with Gasteiger partial charge in [-0.3, -0.25) is 4.98 Å². The Labute approximate surface area is 172 Å².